The fourth-order valence-corrected chi connectivity index (χ4v) is 3.78. The van der Waals surface area contributed by atoms with E-state index in [0.29, 0.717) is 23.3 Å². The lowest BCUT2D eigenvalue weighted by Gasteiger charge is -2.04. The molecule has 1 aliphatic rings. The summed E-state index contributed by atoms with van der Waals surface area (Å²) in [6.45, 7) is 2.21. The molecule has 0 bridgehead atoms. The molecule has 0 saturated heterocycles. The molecule has 1 aliphatic carbocycles. The maximum atomic E-state index is 12.5. The monoisotopic (exact) mass is 421 g/mol. The predicted octanol–water partition coefficient (Wildman–Crippen LogP) is 3.80. The largest absolute Gasteiger partial charge is 0.356 e. The summed E-state index contributed by atoms with van der Waals surface area (Å²) < 4.78 is 0. The maximum absolute atomic E-state index is 12.5. The molecule has 1 saturated carbocycles. The molecular formula is C22H23N5O2S. The highest BCUT2D eigenvalue weighted by atomic mass is 32.1. The van der Waals surface area contributed by atoms with Gasteiger partial charge in [0, 0.05) is 36.5 Å². The lowest BCUT2D eigenvalue weighted by molar-refractivity contribution is -0.118. The highest BCUT2D eigenvalue weighted by Crippen LogP contribution is 2.37. The van der Waals surface area contributed by atoms with Gasteiger partial charge in [-0.1, -0.05) is 24.3 Å². The van der Waals surface area contributed by atoms with Gasteiger partial charge in [-0.3, -0.25) is 14.9 Å². The number of thiazole rings is 1. The Labute approximate surface area is 179 Å². The van der Waals surface area contributed by atoms with Gasteiger partial charge in [0.2, 0.25) is 5.91 Å². The van der Waals surface area contributed by atoms with Crippen LogP contribution in [0.15, 0.2) is 41.9 Å². The third-order valence-electron chi connectivity index (χ3n) is 4.84. The molecule has 0 atom stereocenters. The van der Waals surface area contributed by atoms with Gasteiger partial charge in [-0.15, -0.1) is 11.3 Å². The van der Waals surface area contributed by atoms with Crippen LogP contribution in [0.1, 0.15) is 54.0 Å². The molecule has 3 aromatic rings. The van der Waals surface area contributed by atoms with E-state index in [1.807, 2.05) is 17.5 Å². The molecule has 0 radical (unpaired) electrons. The first-order valence-electron chi connectivity index (χ1n) is 10.0. The van der Waals surface area contributed by atoms with Crippen molar-refractivity contribution in [2.75, 3.05) is 11.9 Å². The van der Waals surface area contributed by atoms with E-state index in [1.165, 1.54) is 23.8 Å². The number of carbonyl (C=O) groups is 2. The molecule has 1 fully saturated rings. The van der Waals surface area contributed by atoms with Crippen LogP contribution in [0.3, 0.4) is 0 Å². The number of carbonyl (C=O) groups excluding carboxylic acids is 2. The molecule has 2 N–H and O–H groups in total. The Kier molecular flexibility index (Phi) is 6.13. The lowest BCUT2D eigenvalue weighted by atomic mass is 10.1. The number of aryl methyl sites for hydroxylation is 1. The normalized spacial score (nSPS) is 13.1. The fourth-order valence-electron chi connectivity index (χ4n) is 3.06. The standard InChI is InChI=1S/C22H23N5O2S/c1-14(28)23-11-2-3-15-4-6-16(7-5-15)19-13-30-22(26-19)27-21(29)18-10-12-24-20(25-18)17-8-9-17/h4-7,10,12-13,17H,2-3,8-9,11H2,1H3,(H,23,28)(H,26,27,29). The van der Waals surface area contributed by atoms with Crippen LogP contribution >= 0.6 is 11.3 Å². The summed E-state index contributed by atoms with van der Waals surface area (Å²) in [6, 6.07) is 9.82. The summed E-state index contributed by atoms with van der Waals surface area (Å²) in [4.78, 5) is 36.6. The highest BCUT2D eigenvalue weighted by Gasteiger charge is 2.27. The number of hydrogen-bond donors (Lipinski definition) is 2. The molecule has 1 aromatic carbocycles. The van der Waals surface area contributed by atoms with E-state index in [-0.39, 0.29) is 11.8 Å². The summed E-state index contributed by atoms with van der Waals surface area (Å²) in [5.41, 5.74) is 3.40. The number of rotatable bonds is 8. The molecule has 8 heteroatoms. The summed E-state index contributed by atoms with van der Waals surface area (Å²) in [5, 5.41) is 8.11. The van der Waals surface area contributed by atoms with Gasteiger partial charge in [-0.25, -0.2) is 15.0 Å². The van der Waals surface area contributed by atoms with Crippen LogP contribution in [0.2, 0.25) is 0 Å². The van der Waals surface area contributed by atoms with E-state index in [4.69, 9.17) is 0 Å². The maximum Gasteiger partial charge on any atom is 0.276 e. The van der Waals surface area contributed by atoms with E-state index in [1.54, 1.807) is 12.3 Å². The van der Waals surface area contributed by atoms with Gasteiger partial charge in [0.1, 0.15) is 11.5 Å². The van der Waals surface area contributed by atoms with Gasteiger partial charge < -0.3 is 5.32 Å². The molecule has 2 aromatic heterocycles. The number of amides is 2. The van der Waals surface area contributed by atoms with Gasteiger partial charge in [-0.05, 0) is 37.3 Å². The average molecular weight is 422 g/mol. The number of nitrogens with one attached hydrogen (secondary N) is 2. The molecule has 7 nitrogen and oxygen atoms in total. The van der Waals surface area contributed by atoms with Crippen molar-refractivity contribution in [3.63, 3.8) is 0 Å². The Morgan fingerprint density at radius 1 is 1.13 bits per heavy atom. The quantitative estimate of drug-likeness (QED) is 0.539. The van der Waals surface area contributed by atoms with E-state index in [0.717, 1.165) is 42.8 Å². The summed E-state index contributed by atoms with van der Waals surface area (Å²) in [7, 11) is 0. The van der Waals surface area contributed by atoms with Crippen molar-refractivity contribution in [1.29, 1.82) is 0 Å². The minimum absolute atomic E-state index is 0.000147. The smallest absolute Gasteiger partial charge is 0.276 e. The van der Waals surface area contributed by atoms with Crippen LogP contribution in [-0.2, 0) is 11.2 Å². The molecule has 4 rings (SSSR count). The molecule has 2 heterocycles. The van der Waals surface area contributed by atoms with Gasteiger partial charge in [0.05, 0.1) is 5.69 Å². The van der Waals surface area contributed by atoms with Crippen molar-refractivity contribution in [2.24, 2.45) is 0 Å². The zero-order chi connectivity index (χ0) is 20.9. The average Bonchev–Trinajstić information content (AvgIpc) is 3.51. The van der Waals surface area contributed by atoms with Gasteiger partial charge in [0.25, 0.3) is 5.91 Å². The number of benzene rings is 1. The second-order valence-corrected chi connectivity index (χ2v) is 8.21. The first kappa shape index (κ1) is 20.2. The number of hydrogen-bond acceptors (Lipinski definition) is 6. The van der Waals surface area contributed by atoms with Crippen molar-refractivity contribution in [2.45, 2.75) is 38.5 Å². The van der Waals surface area contributed by atoms with E-state index in [9.17, 15) is 9.59 Å². The lowest BCUT2D eigenvalue weighted by Crippen LogP contribution is -2.21. The number of anilines is 1. The second-order valence-electron chi connectivity index (χ2n) is 7.35. The van der Waals surface area contributed by atoms with Crippen molar-refractivity contribution < 1.29 is 9.59 Å². The van der Waals surface area contributed by atoms with Crippen molar-refractivity contribution in [3.05, 3.63) is 59.0 Å². The molecule has 2 amide bonds. The van der Waals surface area contributed by atoms with Crippen molar-refractivity contribution >= 4 is 28.3 Å². The Hall–Kier alpha value is -3.13. The molecule has 154 valence electrons. The van der Waals surface area contributed by atoms with E-state index < -0.39 is 0 Å². The first-order chi connectivity index (χ1) is 14.6. The van der Waals surface area contributed by atoms with E-state index in [2.05, 4.69) is 37.7 Å². The Morgan fingerprint density at radius 2 is 1.93 bits per heavy atom. The molecule has 0 spiro atoms. The van der Waals surface area contributed by atoms with Crippen LogP contribution < -0.4 is 10.6 Å². The number of aromatic nitrogens is 3. The number of nitrogens with zero attached hydrogens (tertiary/aromatic N) is 3. The Bertz CT molecular complexity index is 1040. The highest BCUT2D eigenvalue weighted by molar-refractivity contribution is 7.14. The molecule has 30 heavy (non-hydrogen) atoms. The summed E-state index contributed by atoms with van der Waals surface area (Å²) in [5.74, 6) is 0.881. The van der Waals surface area contributed by atoms with Crippen LogP contribution in [0, 0.1) is 0 Å². The van der Waals surface area contributed by atoms with Crippen LogP contribution in [0.5, 0.6) is 0 Å². The third kappa shape index (κ3) is 5.27. The minimum atomic E-state index is -0.269. The van der Waals surface area contributed by atoms with Crippen molar-refractivity contribution in [3.8, 4) is 11.3 Å². The summed E-state index contributed by atoms with van der Waals surface area (Å²) >= 11 is 1.39. The molecule has 0 unspecified atom stereocenters. The SMILES string of the molecule is CC(=O)NCCCc1ccc(-c2csc(NC(=O)c3ccnc(C4CC4)n3)n2)cc1. The second kappa shape index (κ2) is 9.13. The predicted molar refractivity (Wildman–Crippen MR) is 117 cm³/mol. The zero-order valence-corrected chi connectivity index (χ0v) is 17.5. The minimum Gasteiger partial charge on any atom is -0.356 e. The summed E-state index contributed by atoms with van der Waals surface area (Å²) in [6.07, 6.45) is 5.63. The molecular weight excluding hydrogens is 398 g/mol. The topological polar surface area (TPSA) is 96.9 Å². The fraction of sp³-hybridized carbons (Fsp3) is 0.318. The third-order valence-corrected chi connectivity index (χ3v) is 5.60. The zero-order valence-electron chi connectivity index (χ0n) is 16.7. The van der Waals surface area contributed by atoms with Gasteiger partial charge in [0.15, 0.2) is 5.13 Å². The molecule has 0 aliphatic heterocycles. The van der Waals surface area contributed by atoms with E-state index >= 15 is 0 Å². The van der Waals surface area contributed by atoms with Gasteiger partial charge >= 0.3 is 0 Å². The Morgan fingerprint density at radius 3 is 2.67 bits per heavy atom. The first-order valence-corrected chi connectivity index (χ1v) is 10.9. The van der Waals surface area contributed by atoms with Crippen LogP contribution in [0.25, 0.3) is 11.3 Å². The Balaban J connectivity index is 1.35. The van der Waals surface area contributed by atoms with Crippen molar-refractivity contribution in [1.82, 2.24) is 20.3 Å². The van der Waals surface area contributed by atoms with Gasteiger partial charge in [-0.2, -0.15) is 0 Å². The van der Waals surface area contributed by atoms with Crippen LogP contribution in [-0.4, -0.2) is 33.3 Å². The van der Waals surface area contributed by atoms with Crippen LogP contribution in [0.4, 0.5) is 5.13 Å².